The molecule has 1 saturated carbocycles. The molecule has 21 heavy (non-hydrogen) atoms. The van der Waals surface area contributed by atoms with Crippen molar-refractivity contribution < 1.29 is 19.5 Å². The number of carbonyl (C=O) groups is 3. The van der Waals surface area contributed by atoms with E-state index in [1.165, 1.54) is 11.3 Å². The average Bonchev–Trinajstić information content (AvgIpc) is 3.00. The van der Waals surface area contributed by atoms with E-state index in [1.54, 1.807) is 11.4 Å². The Morgan fingerprint density at radius 1 is 1.24 bits per heavy atom. The zero-order valence-electron chi connectivity index (χ0n) is 11.6. The second-order valence-corrected chi connectivity index (χ2v) is 6.25. The zero-order chi connectivity index (χ0) is 15.3. The van der Waals surface area contributed by atoms with Crippen molar-refractivity contribution in [1.29, 1.82) is 0 Å². The SMILES string of the molecule is O=C(O)CC1(CC(=O)NC(=O)Nc2ccsc2)CCCC1. The number of amides is 3. The number of nitrogens with one attached hydrogen (secondary N) is 2. The molecule has 3 amide bonds. The Morgan fingerprint density at radius 2 is 1.95 bits per heavy atom. The van der Waals surface area contributed by atoms with Crippen LogP contribution in [0.2, 0.25) is 0 Å². The van der Waals surface area contributed by atoms with Crippen molar-refractivity contribution in [3.8, 4) is 0 Å². The summed E-state index contributed by atoms with van der Waals surface area (Å²) in [5.74, 6) is -1.32. The number of aliphatic carboxylic acids is 1. The van der Waals surface area contributed by atoms with Crippen LogP contribution in [0.25, 0.3) is 0 Å². The van der Waals surface area contributed by atoms with E-state index in [4.69, 9.17) is 5.11 Å². The first-order chi connectivity index (χ1) is 9.99. The lowest BCUT2D eigenvalue weighted by Gasteiger charge is -2.26. The molecule has 1 aromatic heterocycles. The second kappa shape index (κ2) is 6.71. The number of anilines is 1. The van der Waals surface area contributed by atoms with Crippen LogP contribution in [-0.2, 0) is 9.59 Å². The highest BCUT2D eigenvalue weighted by Gasteiger charge is 2.38. The number of hydrogen-bond acceptors (Lipinski definition) is 4. The van der Waals surface area contributed by atoms with E-state index in [0.717, 1.165) is 25.7 Å². The highest BCUT2D eigenvalue weighted by molar-refractivity contribution is 7.08. The molecule has 1 aliphatic carbocycles. The zero-order valence-corrected chi connectivity index (χ0v) is 12.4. The predicted octanol–water partition coefficient (Wildman–Crippen LogP) is 2.82. The highest BCUT2D eigenvalue weighted by Crippen LogP contribution is 2.43. The van der Waals surface area contributed by atoms with Crippen molar-refractivity contribution in [2.75, 3.05) is 5.32 Å². The predicted molar refractivity (Wildman–Crippen MR) is 79.3 cm³/mol. The Labute approximate surface area is 126 Å². The van der Waals surface area contributed by atoms with E-state index in [0.29, 0.717) is 5.69 Å². The average molecular weight is 310 g/mol. The normalized spacial score (nSPS) is 16.4. The van der Waals surface area contributed by atoms with Crippen LogP contribution in [0.1, 0.15) is 38.5 Å². The van der Waals surface area contributed by atoms with Crippen molar-refractivity contribution in [2.45, 2.75) is 38.5 Å². The maximum absolute atomic E-state index is 12.0. The molecule has 0 aromatic carbocycles. The van der Waals surface area contributed by atoms with Gasteiger partial charge in [-0.25, -0.2) is 4.79 Å². The van der Waals surface area contributed by atoms with E-state index in [1.807, 2.05) is 5.38 Å². The fourth-order valence-corrected chi connectivity index (χ4v) is 3.46. The van der Waals surface area contributed by atoms with Gasteiger partial charge in [0.1, 0.15) is 0 Å². The summed E-state index contributed by atoms with van der Waals surface area (Å²) in [6, 6.07) is 1.15. The van der Waals surface area contributed by atoms with Crippen LogP contribution < -0.4 is 10.6 Å². The van der Waals surface area contributed by atoms with Crippen molar-refractivity contribution in [3.05, 3.63) is 16.8 Å². The van der Waals surface area contributed by atoms with Gasteiger partial charge in [0.2, 0.25) is 5.91 Å². The van der Waals surface area contributed by atoms with E-state index in [-0.39, 0.29) is 12.8 Å². The standard InChI is InChI=1S/C14H18N2O4S/c17-11(16-13(20)15-10-3-6-21-9-10)7-14(8-12(18)19)4-1-2-5-14/h3,6,9H,1-2,4-5,7-8H2,(H,18,19)(H2,15,16,17,20). The molecule has 0 atom stereocenters. The van der Waals surface area contributed by atoms with Gasteiger partial charge in [-0.3, -0.25) is 14.9 Å². The first-order valence-electron chi connectivity index (χ1n) is 6.84. The molecular weight excluding hydrogens is 292 g/mol. The molecule has 0 bridgehead atoms. The molecule has 0 aliphatic heterocycles. The molecule has 6 nitrogen and oxygen atoms in total. The number of carbonyl (C=O) groups excluding carboxylic acids is 2. The molecule has 3 N–H and O–H groups in total. The van der Waals surface area contributed by atoms with Crippen molar-refractivity contribution in [3.63, 3.8) is 0 Å². The van der Waals surface area contributed by atoms with Gasteiger partial charge in [-0.2, -0.15) is 11.3 Å². The Morgan fingerprint density at radius 3 is 2.52 bits per heavy atom. The molecule has 1 fully saturated rings. The summed E-state index contributed by atoms with van der Waals surface area (Å²) in [7, 11) is 0. The largest absolute Gasteiger partial charge is 0.481 e. The molecule has 0 radical (unpaired) electrons. The fraction of sp³-hybridized carbons (Fsp3) is 0.500. The monoisotopic (exact) mass is 310 g/mol. The molecule has 1 aliphatic rings. The van der Waals surface area contributed by atoms with Crippen LogP contribution in [-0.4, -0.2) is 23.0 Å². The van der Waals surface area contributed by atoms with Gasteiger partial charge >= 0.3 is 12.0 Å². The van der Waals surface area contributed by atoms with Gasteiger partial charge in [0.15, 0.2) is 0 Å². The Hall–Kier alpha value is -1.89. The topological polar surface area (TPSA) is 95.5 Å². The number of thiophene rings is 1. The van der Waals surface area contributed by atoms with E-state index in [2.05, 4.69) is 10.6 Å². The molecule has 114 valence electrons. The molecule has 1 heterocycles. The minimum atomic E-state index is -0.896. The van der Waals surface area contributed by atoms with Crippen LogP contribution in [0.4, 0.5) is 10.5 Å². The molecule has 0 spiro atoms. The molecule has 0 saturated heterocycles. The van der Waals surface area contributed by atoms with Gasteiger partial charge in [-0.1, -0.05) is 12.8 Å². The molecule has 2 rings (SSSR count). The van der Waals surface area contributed by atoms with E-state index in [9.17, 15) is 14.4 Å². The number of urea groups is 1. The molecule has 0 unspecified atom stereocenters. The van der Waals surface area contributed by atoms with Gasteiger partial charge in [0, 0.05) is 11.8 Å². The summed E-state index contributed by atoms with van der Waals surface area (Å²) in [6.07, 6.45) is 3.37. The minimum Gasteiger partial charge on any atom is -0.481 e. The summed E-state index contributed by atoms with van der Waals surface area (Å²) < 4.78 is 0. The Bertz CT molecular complexity index is 521. The van der Waals surface area contributed by atoms with Gasteiger partial charge in [-0.15, -0.1) is 0 Å². The highest BCUT2D eigenvalue weighted by atomic mass is 32.1. The summed E-state index contributed by atoms with van der Waals surface area (Å²) in [6.45, 7) is 0. The summed E-state index contributed by atoms with van der Waals surface area (Å²) in [5, 5.41) is 17.4. The molecule has 7 heteroatoms. The fourth-order valence-electron chi connectivity index (χ4n) is 2.87. The first kappa shape index (κ1) is 15.5. The van der Waals surface area contributed by atoms with Gasteiger partial charge in [0.25, 0.3) is 0 Å². The number of hydrogen-bond donors (Lipinski definition) is 3. The van der Waals surface area contributed by atoms with Crippen molar-refractivity contribution in [1.82, 2.24) is 5.32 Å². The third-order valence-electron chi connectivity index (χ3n) is 3.76. The Balaban J connectivity index is 1.87. The molecule has 1 aromatic rings. The van der Waals surface area contributed by atoms with Gasteiger partial charge in [0.05, 0.1) is 12.1 Å². The third kappa shape index (κ3) is 4.56. The van der Waals surface area contributed by atoms with E-state index < -0.39 is 23.3 Å². The first-order valence-corrected chi connectivity index (χ1v) is 7.78. The van der Waals surface area contributed by atoms with Crippen LogP contribution in [0.15, 0.2) is 16.8 Å². The number of carboxylic acids is 1. The quantitative estimate of drug-likeness (QED) is 0.779. The Kier molecular flexibility index (Phi) is 4.95. The van der Waals surface area contributed by atoms with Crippen LogP contribution in [0.5, 0.6) is 0 Å². The van der Waals surface area contributed by atoms with Crippen LogP contribution >= 0.6 is 11.3 Å². The maximum Gasteiger partial charge on any atom is 0.325 e. The maximum atomic E-state index is 12.0. The van der Waals surface area contributed by atoms with Crippen LogP contribution in [0.3, 0.4) is 0 Å². The van der Waals surface area contributed by atoms with Gasteiger partial charge in [-0.05, 0) is 29.7 Å². The lowest BCUT2D eigenvalue weighted by molar-refractivity contribution is -0.140. The third-order valence-corrected chi connectivity index (χ3v) is 4.44. The smallest absolute Gasteiger partial charge is 0.325 e. The summed E-state index contributed by atoms with van der Waals surface area (Å²) in [4.78, 5) is 34.6. The summed E-state index contributed by atoms with van der Waals surface area (Å²) >= 11 is 1.44. The number of imide groups is 1. The van der Waals surface area contributed by atoms with Gasteiger partial charge < -0.3 is 10.4 Å². The minimum absolute atomic E-state index is 0.0213. The van der Waals surface area contributed by atoms with Crippen molar-refractivity contribution in [2.24, 2.45) is 5.41 Å². The summed E-state index contributed by atoms with van der Waals surface area (Å²) in [5.41, 5.74) is 0.130. The van der Waals surface area contributed by atoms with E-state index >= 15 is 0 Å². The second-order valence-electron chi connectivity index (χ2n) is 5.47. The molecular formula is C14H18N2O4S. The van der Waals surface area contributed by atoms with Crippen LogP contribution in [0, 0.1) is 5.41 Å². The van der Waals surface area contributed by atoms with Crippen molar-refractivity contribution >= 4 is 34.9 Å². The lowest BCUT2D eigenvalue weighted by atomic mass is 9.79. The number of carboxylic acid groups (broad SMARTS) is 1. The lowest BCUT2D eigenvalue weighted by Crippen LogP contribution is -2.38. The number of rotatable bonds is 5.